The Hall–Kier alpha value is -1.53. The molecule has 1 aromatic carbocycles. The Kier molecular flexibility index (Phi) is 4.22. The third-order valence-corrected chi connectivity index (χ3v) is 3.54. The van der Waals surface area contributed by atoms with Gasteiger partial charge in [-0.05, 0) is 43.5 Å². The van der Waals surface area contributed by atoms with Crippen molar-refractivity contribution >= 4 is 0 Å². The summed E-state index contributed by atoms with van der Waals surface area (Å²) in [5.74, 6) is 1.64. The molecule has 1 aliphatic heterocycles. The van der Waals surface area contributed by atoms with E-state index in [-0.39, 0.29) is 0 Å². The van der Waals surface area contributed by atoms with Gasteiger partial charge in [0, 0.05) is 19.1 Å². The lowest BCUT2D eigenvalue weighted by Crippen LogP contribution is -2.31. The minimum Gasteiger partial charge on any atom is -0.492 e. The van der Waals surface area contributed by atoms with E-state index in [1.807, 2.05) is 12.1 Å². The smallest absolute Gasteiger partial charge is 0.119 e. The van der Waals surface area contributed by atoms with Crippen molar-refractivity contribution in [2.45, 2.75) is 26.3 Å². The van der Waals surface area contributed by atoms with Crippen molar-refractivity contribution in [1.82, 2.24) is 4.90 Å². The van der Waals surface area contributed by atoms with Gasteiger partial charge in [0.15, 0.2) is 0 Å². The van der Waals surface area contributed by atoms with Crippen molar-refractivity contribution in [2.75, 3.05) is 19.7 Å². The van der Waals surface area contributed by atoms with Gasteiger partial charge >= 0.3 is 0 Å². The van der Waals surface area contributed by atoms with Crippen molar-refractivity contribution in [2.24, 2.45) is 5.92 Å². The lowest BCUT2D eigenvalue weighted by molar-refractivity contribution is 0.202. The van der Waals surface area contributed by atoms with Crippen molar-refractivity contribution < 1.29 is 4.74 Å². The molecule has 2 unspecified atom stereocenters. The van der Waals surface area contributed by atoms with Crippen molar-refractivity contribution in [1.29, 1.82) is 5.26 Å². The highest BCUT2D eigenvalue weighted by molar-refractivity contribution is 5.34. The molecule has 3 heteroatoms. The van der Waals surface area contributed by atoms with E-state index in [2.05, 4.69) is 24.8 Å². The van der Waals surface area contributed by atoms with Crippen molar-refractivity contribution in [3.63, 3.8) is 0 Å². The Morgan fingerprint density at radius 2 is 2.06 bits per heavy atom. The summed E-state index contributed by atoms with van der Waals surface area (Å²) in [6, 6.07) is 10.1. The fourth-order valence-corrected chi connectivity index (χ4v) is 2.60. The number of nitriles is 1. The highest BCUT2D eigenvalue weighted by Crippen LogP contribution is 2.21. The van der Waals surface area contributed by atoms with Gasteiger partial charge in [0.05, 0.1) is 11.6 Å². The molecule has 96 valence electrons. The van der Waals surface area contributed by atoms with Gasteiger partial charge in [-0.1, -0.05) is 6.92 Å². The molecular weight excluding hydrogens is 224 g/mol. The number of hydrogen-bond donors (Lipinski definition) is 0. The summed E-state index contributed by atoms with van der Waals surface area (Å²) in [6.45, 7) is 7.45. The summed E-state index contributed by atoms with van der Waals surface area (Å²) in [7, 11) is 0. The Morgan fingerprint density at radius 3 is 2.61 bits per heavy atom. The molecule has 0 N–H and O–H groups in total. The fraction of sp³-hybridized carbons (Fsp3) is 0.533. The monoisotopic (exact) mass is 244 g/mol. The molecule has 0 radical (unpaired) electrons. The van der Waals surface area contributed by atoms with Gasteiger partial charge in [0.1, 0.15) is 12.4 Å². The second-order valence-electron chi connectivity index (χ2n) is 5.17. The largest absolute Gasteiger partial charge is 0.492 e. The first-order chi connectivity index (χ1) is 8.69. The zero-order chi connectivity index (χ0) is 13.0. The van der Waals surface area contributed by atoms with E-state index in [0.717, 1.165) is 18.2 Å². The number of hydrogen-bond acceptors (Lipinski definition) is 3. The Labute approximate surface area is 109 Å². The molecule has 1 fully saturated rings. The average molecular weight is 244 g/mol. The molecule has 1 saturated heterocycles. The number of rotatable bonds is 4. The minimum absolute atomic E-state index is 0.671. The average Bonchev–Trinajstić information content (AvgIpc) is 2.69. The quantitative estimate of drug-likeness (QED) is 0.817. The predicted octanol–water partition coefficient (Wildman–Crippen LogP) is 2.67. The van der Waals surface area contributed by atoms with E-state index in [1.54, 1.807) is 12.1 Å². The van der Waals surface area contributed by atoms with Crippen LogP contribution in [0.1, 0.15) is 25.8 Å². The molecule has 0 saturated carbocycles. The maximum absolute atomic E-state index is 8.70. The van der Waals surface area contributed by atoms with Gasteiger partial charge in [-0.2, -0.15) is 5.26 Å². The molecule has 0 amide bonds. The van der Waals surface area contributed by atoms with Gasteiger partial charge < -0.3 is 4.74 Å². The van der Waals surface area contributed by atoms with Gasteiger partial charge in [-0.3, -0.25) is 4.90 Å². The molecule has 2 atom stereocenters. The van der Waals surface area contributed by atoms with Crippen LogP contribution in [0.5, 0.6) is 5.75 Å². The molecule has 1 aliphatic rings. The van der Waals surface area contributed by atoms with E-state index in [4.69, 9.17) is 10.00 Å². The first-order valence-electron chi connectivity index (χ1n) is 6.56. The van der Waals surface area contributed by atoms with E-state index in [0.29, 0.717) is 18.2 Å². The number of ether oxygens (including phenoxy) is 1. The van der Waals surface area contributed by atoms with Crippen LogP contribution in [0, 0.1) is 17.2 Å². The number of benzene rings is 1. The lowest BCUT2D eigenvalue weighted by atomic mass is 10.1. The summed E-state index contributed by atoms with van der Waals surface area (Å²) >= 11 is 0. The first kappa shape index (κ1) is 12.9. The topological polar surface area (TPSA) is 36.3 Å². The van der Waals surface area contributed by atoms with Gasteiger partial charge in [-0.15, -0.1) is 0 Å². The van der Waals surface area contributed by atoms with Gasteiger partial charge in [-0.25, -0.2) is 0 Å². The summed E-state index contributed by atoms with van der Waals surface area (Å²) in [4.78, 5) is 2.48. The zero-order valence-corrected chi connectivity index (χ0v) is 11.1. The Bertz CT molecular complexity index is 421. The molecule has 0 aliphatic carbocycles. The molecule has 3 nitrogen and oxygen atoms in total. The molecule has 1 aromatic rings. The van der Waals surface area contributed by atoms with Crippen LogP contribution >= 0.6 is 0 Å². The molecule has 0 bridgehead atoms. The Morgan fingerprint density at radius 1 is 1.33 bits per heavy atom. The molecule has 18 heavy (non-hydrogen) atoms. The van der Waals surface area contributed by atoms with Crippen LogP contribution in [0.15, 0.2) is 24.3 Å². The van der Waals surface area contributed by atoms with Crippen LogP contribution in [0.25, 0.3) is 0 Å². The summed E-state index contributed by atoms with van der Waals surface area (Å²) in [6.07, 6.45) is 1.29. The number of nitrogens with zero attached hydrogens (tertiary/aromatic N) is 2. The van der Waals surface area contributed by atoms with Gasteiger partial charge in [0.2, 0.25) is 0 Å². The van der Waals surface area contributed by atoms with Crippen LogP contribution in [-0.2, 0) is 0 Å². The highest BCUT2D eigenvalue weighted by atomic mass is 16.5. The van der Waals surface area contributed by atoms with Crippen LogP contribution in [0.2, 0.25) is 0 Å². The van der Waals surface area contributed by atoms with Crippen LogP contribution in [-0.4, -0.2) is 30.6 Å². The molecule has 1 heterocycles. The SMILES string of the molecule is CC1CC(C)N(CCOc2ccc(C#N)cc2)C1. The summed E-state index contributed by atoms with van der Waals surface area (Å²) < 4.78 is 5.70. The predicted molar refractivity (Wildman–Crippen MR) is 71.5 cm³/mol. The Balaban J connectivity index is 1.76. The summed E-state index contributed by atoms with van der Waals surface area (Å²) in [5.41, 5.74) is 0.671. The van der Waals surface area contributed by atoms with E-state index in [9.17, 15) is 0 Å². The van der Waals surface area contributed by atoms with Crippen LogP contribution in [0.3, 0.4) is 0 Å². The van der Waals surface area contributed by atoms with Crippen LogP contribution in [0.4, 0.5) is 0 Å². The van der Waals surface area contributed by atoms with E-state index >= 15 is 0 Å². The van der Waals surface area contributed by atoms with Crippen molar-refractivity contribution in [3.05, 3.63) is 29.8 Å². The maximum Gasteiger partial charge on any atom is 0.119 e. The van der Waals surface area contributed by atoms with E-state index in [1.165, 1.54) is 13.0 Å². The highest BCUT2D eigenvalue weighted by Gasteiger charge is 2.25. The normalized spacial score (nSPS) is 23.8. The number of likely N-dealkylation sites (tertiary alicyclic amines) is 1. The third kappa shape index (κ3) is 3.24. The molecule has 0 aromatic heterocycles. The summed E-state index contributed by atoms with van der Waals surface area (Å²) in [5, 5.41) is 8.70. The second-order valence-corrected chi connectivity index (χ2v) is 5.17. The van der Waals surface area contributed by atoms with Crippen LogP contribution < -0.4 is 4.74 Å². The second kappa shape index (κ2) is 5.88. The minimum atomic E-state index is 0.671. The fourth-order valence-electron chi connectivity index (χ4n) is 2.60. The molecular formula is C15H20N2O. The molecule has 2 rings (SSSR count). The lowest BCUT2D eigenvalue weighted by Gasteiger charge is -2.20. The third-order valence-electron chi connectivity index (χ3n) is 3.54. The molecule has 0 spiro atoms. The first-order valence-corrected chi connectivity index (χ1v) is 6.56. The standard InChI is InChI=1S/C15H20N2O/c1-12-9-13(2)17(11-12)7-8-18-15-5-3-14(10-16)4-6-15/h3-6,12-13H,7-9,11H2,1-2H3. The maximum atomic E-state index is 8.70. The van der Waals surface area contributed by atoms with E-state index < -0.39 is 0 Å². The zero-order valence-electron chi connectivity index (χ0n) is 11.1. The van der Waals surface area contributed by atoms with Gasteiger partial charge in [0.25, 0.3) is 0 Å². The van der Waals surface area contributed by atoms with Crippen molar-refractivity contribution in [3.8, 4) is 11.8 Å².